The van der Waals surface area contributed by atoms with Crippen LogP contribution in [0, 0.1) is 0 Å². The highest BCUT2D eigenvalue weighted by molar-refractivity contribution is 5.67. The van der Waals surface area contributed by atoms with Gasteiger partial charge < -0.3 is 15.8 Å². The van der Waals surface area contributed by atoms with Crippen molar-refractivity contribution in [1.82, 2.24) is 0 Å². The van der Waals surface area contributed by atoms with E-state index in [2.05, 4.69) is 18.3 Å². The number of para-hydroxylation sites is 1. The van der Waals surface area contributed by atoms with Gasteiger partial charge in [-0.1, -0.05) is 12.1 Å². The summed E-state index contributed by atoms with van der Waals surface area (Å²) in [5.41, 5.74) is 8.37. The maximum atomic E-state index is 5.96. The summed E-state index contributed by atoms with van der Waals surface area (Å²) in [5.74, 6) is 1.35. The molecule has 3 N–H and O–H groups in total. The van der Waals surface area contributed by atoms with Crippen molar-refractivity contribution in [2.75, 3.05) is 18.5 Å². The van der Waals surface area contributed by atoms with Gasteiger partial charge in [-0.3, -0.25) is 0 Å². The minimum absolute atomic E-state index is 0.177. The predicted octanol–water partition coefficient (Wildman–Crippen LogP) is 1.94. The van der Waals surface area contributed by atoms with Crippen LogP contribution in [-0.2, 0) is 0 Å². The fourth-order valence-corrected chi connectivity index (χ4v) is 2.11. The molecule has 0 saturated carbocycles. The Morgan fingerprint density at radius 3 is 3.07 bits per heavy atom. The van der Waals surface area contributed by atoms with Gasteiger partial charge in [-0.2, -0.15) is 0 Å². The first-order valence-electron chi connectivity index (χ1n) is 5.49. The Bertz CT molecular complexity index is 349. The second-order valence-corrected chi connectivity index (χ2v) is 4.00. The van der Waals surface area contributed by atoms with Crippen molar-refractivity contribution in [2.45, 2.75) is 25.8 Å². The summed E-state index contributed by atoms with van der Waals surface area (Å²) < 4.78 is 5.57. The van der Waals surface area contributed by atoms with Crippen LogP contribution in [0.3, 0.4) is 0 Å². The molecule has 1 aliphatic rings. The molecule has 0 radical (unpaired) electrons. The summed E-state index contributed by atoms with van der Waals surface area (Å²) in [5, 5.41) is 3.38. The standard InChI is InChI=1S/C12H18N2O/c1-3-15-11-6-4-5-9-10(8(2)13)7-14-12(9)11/h4-6,8,10,14H,3,7,13H2,1-2H3. The highest BCUT2D eigenvalue weighted by Gasteiger charge is 2.27. The Labute approximate surface area is 90.6 Å². The molecule has 3 nitrogen and oxygen atoms in total. The Hall–Kier alpha value is -1.22. The molecular formula is C12H18N2O. The number of nitrogens with two attached hydrogens (primary N) is 1. The lowest BCUT2D eigenvalue weighted by Gasteiger charge is -2.14. The van der Waals surface area contributed by atoms with Crippen LogP contribution >= 0.6 is 0 Å². The summed E-state index contributed by atoms with van der Waals surface area (Å²) in [6.45, 7) is 5.66. The van der Waals surface area contributed by atoms with E-state index < -0.39 is 0 Å². The summed E-state index contributed by atoms with van der Waals surface area (Å²) in [4.78, 5) is 0. The fourth-order valence-electron chi connectivity index (χ4n) is 2.11. The van der Waals surface area contributed by atoms with Crippen LogP contribution in [0.2, 0.25) is 0 Å². The molecule has 0 spiro atoms. The van der Waals surface area contributed by atoms with E-state index in [0.717, 1.165) is 18.0 Å². The second kappa shape index (κ2) is 4.11. The minimum Gasteiger partial charge on any atom is -0.492 e. The Balaban J connectivity index is 2.34. The van der Waals surface area contributed by atoms with Crippen LogP contribution in [-0.4, -0.2) is 19.2 Å². The summed E-state index contributed by atoms with van der Waals surface area (Å²) >= 11 is 0. The van der Waals surface area contributed by atoms with Crippen molar-refractivity contribution in [3.63, 3.8) is 0 Å². The molecule has 0 amide bonds. The van der Waals surface area contributed by atoms with Gasteiger partial charge in [0.2, 0.25) is 0 Å². The first kappa shape index (κ1) is 10.3. The number of nitrogens with one attached hydrogen (secondary N) is 1. The maximum Gasteiger partial charge on any atom is 0.142 e. The smallest absolute Gasteiger partial charge is 0.142 e. The number of hydrogen-bond acceptors (Lipinski definition) is 3. The van der Waals surface area contributed by atoms with E-state index in [1.807, 2.05) is 19.1 Å². The fraction of sp³-hybridized carbons (Fsp3) is 0.500. The third-order valence-electron chi connectivity index (χ3n) is 2.89. The minimum atomic E-state index is 0.177. The lowest BCUT2D eigenvalue weighted by Crippen LogP contribution is -2.25. The quantitative estimate of drug-likeness (QED) is 0.794. The van der Waals surface area contributed by atoms with Crippen LogP contribution in [0.15, 0.2) is 18.2 Å². The summed E-state index contributed by atoms with van der Waals surface area (Å²) in [6, 6.07) is 6.34. The van der Waals surface area contributed by atoms with E-state index in [1.165, 1.54) is 5.56 Å². The topological polar surface area (TPSA) is 47.3 Å². The summed E-state index contributed by atoms with van der Waals surface area (Å²) in [7, 11) is 0. The van der Waals surface area contributed by atoms with Crippen LogP contribution in [0.25, 0.3) is 0 Å². The van der Waals surface area contributed by atoms with Gasteiger partial charge in [-0.15, -0.1) is 0 Å². The number of benzene rings is 1. The van der Waals surface area contributed by atoms with Crippen LogP contribution < -0.4 is 15.8 Å². The molecular weight excluding hydrogens is 188 g/mol. The third-order valence-corrected chi connectivity index (χ3v) is 2.89. The normalized spacial score (nSPS) is 20.6. The van der Waals surface area contributed by atoms with Gasteiger partial charge in [-0.05, 0) is 25.5 Å². The zero-order chi connectivity index (χ0) is 10.8. The molecule has 0 aliphatic carbocycles. The second-order valence-electron chi connectivity index (χ2n) is 4.00. The van der Waals surface area contributed by atoms with Gasteiger partial charge in [0.05, 0.1) is 12.3 Å². The monoisotopic (exact) mass is 206 g/mol. The van der Waals surface area contributed by atoms with Gasteiger partial charge in [-0.25, -0.2) is 0 Å². The number of anilines is 1. The molecule has 1 heterocycles. The zero-order valence-corrected chi connectivity index (χ0v) is 9.29. The summed E-state index contributed by atoms with van der Waals surface area (Å²) in [6.07, 6.45) is 0. The maximum absolute atomic E-state index is 5.96. The van der Waals surface area contributed by atoms with Crippen molar-refractivity contribution < 1.29 is 4.74 Å². The molecule has 1 aromatic rings. The van der Waals surface area contributed by atoms with Crippen molar-refractivity contribution in [3.8, 4) is 5.75 Å². The number of ether oxygens (including phenoxy) is 1. The van der Waals surface area contributed by atoms with Crippen molar-refractivity contribution >= 4 is 5.69 Å². The molecule has 0 bridgehead atoms. The Kier molecular flexibility index (Phi) is 2.82. The first-order chi connectivity index (χ1) is 7.24. The van der Waals surface area contributed by atoms with E-state index in [1.54, 1.807) is 0 Å². The third kappa shape index (κ3) is 1.79. The lowest BCUT2D eigenvalue weighted by molar-refractivity contribution is 0.342. The first-order valence-corrected chi connectivity index (χ1v) is 5.49. The Morgan fingerprint density at radius 2 is 2.40 bits per heavy atom. The van der Waals surface area contributed by atoms with E-state index >= 15 is 0 Å². The lowest BCUT2D eigenvalue weighted by atomic mass is 9.95. The molecule has 0 aromatic heterocycles. The van der Waals surface area contributed by atoms with Gasteiger partial charge >= 0.3 is 0 Å². The highest BCUT2D eigenvalue weighted by Crippen LogP contribution is 2.39. The molecule has 82 valence electrons. The van der Waals surface area contributed by atoms with Crippen LogP contribution in [0.5, 0.6) is 5.75 Å². The number of rotatable bonds is 3. The van der Waals surface area contributed by atoms with Gasteiger partial charge in [0.1, 0.15) is 5.75 Å². The van der Waals surface area contributed by atoms with E-state index in [4.69, 9.17) is 10.5 Å². The van der Waals surface area contributed by atoms with Crippen molar-refractivity contribution in [3.05, 3.63) is 23.8 Å². The molecule has 0 fully saturated rings. The molecule has 1 aliphatic heterocycles. The number of hydrogen-bond donors (Lipinski definition) is 2. The predicted molar refractivity (Wildman–Crippen MR) is 62.5 cm³/mol. The molecule has 15 heavy (non-hydrogen) atoms. The highest BCUT2D eigenvalue weighted by atomic mass is 16.5. The zero-order valence-electron chi connectivity index (χ0n) is 9.29. The van der Waals surface area contributed by atoms with Gasteiger partial charge in [0.15, 0.2) is 0 Å². The van der Waals surface area contributed by atoms with E-state index in [9.17, 15) is 0 Å². The molecule has 3 heteroatoms. The molecule has 0 saturated heterocycles. The van der Waals surface area contributed by atoms with E-state index in [-0.39, 0.29) is 6.04 Å². The average Bonchev–Trinajstić information content (AvgIpc) is 2.62. The molecule has 2 atom stereocenters. The average molecular weight is 206 g/mol. The number of fused-ring (bicyclic) bond motifs is 1. The van der Waals surface area contributed by atoms with Crippen LogP contribution in [0.4, 0.5) is 5.69 Å². The van der Waals surface area contributed by atoms with E-state index in [0.29, 0.717) is 12.5 Å². The van der Waals surface area contributed by atoms with Crippen molar-refractivity contribution in [1.29, 1.82) is 0 Å². The molecule has 2 unspecified atom stereocenters. The largest absolute Gasteiger partial charge is 0.492 e. The van der Waals surface area contributed by atoms with Crippen LogP contribution in [0.1, 0.15) is 25.3 Å². The molecule has 1 aromatic carbocycles. The van der Waals surface area contributed by atoms with Gasteiger partial charge in [0, 0.05) is 18.5 Å². The molecule has 2 rings (SSSR count). The van der Waals surface area contributed by atoms with Crippen molar-refractivity contribution in [2.24, 2.45) is 5.73 Å². The van der Waals surface area contributed by atoms with Gasteiger partial charge in [0.25, 0.3) is 0 Å². The SMILES string of the molecule is CCOc1cccc2c1NCC2C(C)N. The Morgan fingerprint density at radius 1 is 1.60 bits per heavy atom.